The molecule has 1 saturated carbocycles. The fraction of sp³-hybridized carbons (Fsp3) is 0.778. The van der Waals surface area contributed by atoms with E-state index in [9.17, 15) is 0 Å². The molecule has 78 valence electrons. The molecule has 5 heteroatoms. The van der Waals surface area contributed by atoms with Gasteiger partial charge in [0.25, 0.3) is 0 Å². The highest BCUT2D eigenvalue weighted by Gasteiger charge is 2.22. The van der Waals surface area contributed by atoms with Gasteiger partial charge in [-0.05, 0) is 12.8 Å². The standard InChI is InChI=1S/C9H16N4O/c10-8(5-14)9-12-11-6-13(9)7-3-1-2-4-7/h6-8,14H,1-5,10H2/t8-/m0/s1. The van der Waals surface area contributed by atoms with E-state index in [1.165, 1.54) is 25.7 Å². The molecule has 2 rings (SSSR count). The Bertz CT molecular complexity index is 293. The maximum atomic E-state index is 8.97. The summed E-state index contributed by atoms with van der Waals surface area (Å²) < 4.78 is 2.02. The average molecular weight is 196 g/mol. The molecular weight excluding hydrogens is 180 g/mol. The topological polar surface area (TPSA) is 77.0 Å². The number of nitrogens with two attached hydrogens (primary N) is 1. The third-order valence-electron chi connectivity index (χ3n) is 2.85. The quantitative estimate of drug-likeness (QED) is 0.733. The number of hydrogen-bond acceptors (Lipinski definition) is 4. The van der Waals surface area contributed by atoms with Crippen molar-refractivity contribution in [1.29, 1.82) is 0 Å². The van der Waals surface area contributed by atoms with Gasteiger partial charge in [-0.3, -0.25) is 0 Å². The summed E-state index contributed by atoms with van der Waals surface area (Å²) >= 11 is 0. The minimum Gasteiger partial charge on any atom is -0.394 e. The van der Waals surface area contributed by atoms with Crippen LogP contribution in [0.3, 0.4) is 0 Å². The Balaban J connectivity index is 2.19. The molecule has 1 aliphatic rings. The SMILES string of the molecule is N[C@@H](CO)c1nncn1C1CCCC1. The molecule has 3 N–H and O–H groups in total. The molecule has 0 bridgehead atoms. The van der Waals surface area contributed by atoms with Crippen LogP contribution in [-0.4, -0.2) is 26.5 Å². The van der Waals surface area contributed by atoms with E-state index in [-0.39, 0.29) is 6.61 Å². The Labute approximate surface area is 82.9 Å². The lowest BCUT2D eigenvalue weighted by molar-refractivity contribution is 0.258. The molecule has 1 fully saturated rings. The van der Waals surface area contributed by atoms with Crippen molar-refractivity contribution in [2.24, 2.45) is 5.73 Å². The van der Waals surface area contributed by atoms with Crippen LogP contribution in [0, 0.1) is 0 Å². The zero-order valence-electron chi connectivity index (χ0n) is 8.13. The second kappa shape index (κ2) is 4.06. The van der Waals surface area contributed by atoms with Crippen LogP contribution in [0.2, 0.25) is 0 Å². The molecular formula is C9H16N4O. The summed E-state index contributed by atoms with van der Waals surface area (Å²) in [5.41, 5.74) is 5.73. The van der Waals surface area contributed by atoms with Gasteiger partial charge in [-0.25, -0.2) is 0 Å². The van der Waals surface area contributed by atoms with E-state index in [0.717, 1.165) is 0 Å². The summed E-state index contributed by atoms with van der Waals surface area (Å²) in [7, 11) is 0. The molecule has 1 aromatic heterocycles. The number of nitrogens with zero attached hydrogens (tertiary/aromatic N) is 3. The van der Waals surface area contributed by atoms with Crippen molar-refractivity contribution in [3.63, 3.8) is 0 Å². The summed E-state index contributed by atoms with van der Waals surface area (Å²) in [6.07, 6.45) is 6.58. The van der Waals surface area contributed by atoms with Gasteiger partial charge >= 0.3 is 0 Å². The van der Waals surface area contributed by atoms with Crippen LogP contribution in [0.4, 0.5) is 0 Å². The Kier molecular flexibility index (Phi) is 2.79. The molecule has 0 amide bonds. The molecule has 5 nitrogen and oxygen atoms in total. The van der Waals surface area contributed by atoms with Crippen molar-refractivity contribution < 1.29 is 5.11 Å². The number of rotatable bonds is 3. The van der Waals surface area contributed by atoms with Crippen molar-refractivity contribution in [1.82, 2.24) is 14.8 Å². The van der Waals surface area contributed by atoms with Crippen molar-refractivity contribution in [2.75, 3.05) is 6.61 Å². The van der Waals surface area contributed by atoms with Crippen LogP contribution in [-0.2, 0) is 0 Å². The fourth-order valence-corrected chi connectivity index (χ4v) is 2.06. The maximum Gasteiger partial charge on any atom is 0.152 e. The van der Waals surface area contributed by atoms with E-state index in [0.29, 0.717) is 11.9 Å². The summed E-state index contributed by atoms with van der Waals surface area (Å²) in [5, 5.41) is 16.8. The first-order valence-electron chi connectivity index (χ1n) is 5.08. The molecule has 14 heavy (non-hydrogen) atoms. The number of aliphatic hydroxyl groups excluding tert-OH is 1. The molecule has 1 aromatic rings. The summed E-state index contributed by atoms with van der Waals surface area (Å²) in [6, 6.07) is 0.0794. The summed E-state index contributed by atoms with van der Waals surface area (Å²) in [4.78, 5) is 0. The Morgan fingerprint density at radius 3 is 2.93 bits per heavy atom. The Hall–Kier alpha value is -0.940. The lowest BCUT2D eigenvalue weighted by atomic mass is 10.2. The van der Waals surface area contributed by atoms with Gasteiger partial charge in [0.15, 0.2) is 5.82 Å². The fourth-order valence-electron chi connectivity index (χ4n) is 2.06. The molecule has 0 saturated heterocycles. The molecule has 0 radical (unpaired) electrons. The van der Waals surface area contributed by atoms with E-state index in [2.05, 4.69) is 10.2 Å². The van der Waals surface area contributed by atoms with Crippen LogP contribution < -0.4 is 5.73 Å². The predicted molar refractivity (Wildman–Crippen MR) is 51.5 cm³/mol. The first kappa shape index (κ1) is 9.61. The number of hydrogen-bond donors (Lipinski definition) is 2. The van der Waals surface area contributed by atoms with E-state index in [1.54, 1.807) is 6.33 Å². The molecule has 0 aromatic carbocycles. The smallest absolute Gasteiger partial charge is 0.152 e. The van der Waals surface area contributed by atoms with E-state index >= 15 is 0 Å². The Morgan fingerprint density at radius 2 is 2.29 bits per heavy atom. The van der Waals surface area contributed by atoms with E-state index in [1.807, 2.05) is 4.57 Å². The zero-order valence-corrected chi connectivity index (χ0v) is 8.13. The van der Waals surface area contributed by atoms with E-state index < -0.39 is 6.04 Å². The molecule has 0 unspecified atom stereocenters. The third kappa shape index (κ3) is 1.65. The lowest BCUT2D eigenvalue weighted by Crippen LogP contribution is -2.21. The average Bonchev–Trinajstić information content (AvgIpc) is 2.85. The van der Waals surface area contributed by atoms with Gasteiger partial charge < -0.3 is 15.4 Å². The van der Waals surface area contributed by atoms with Crippen LogP contribution in [0.25, 0.3) is 0 Å². The Morgan fingerprint density at radius 1 is 1.57 bits per heavy atom. The maximum absolute atomic E-state index is 8.97. The number of aromatic nitrogens is 3. The highest BCUT2D eigenvalue weighted by molar-refractivity contribution is 4.97. The van der Waals surface area contributed by atoms with Crippen molar-refractivity contribution in [3.8, 4) is 0 Å². The third-order valence-corrected chi connectivity index (χ3v) is 2.85. The second-order valence-corrected chi connectivity index (χ2v) is 3.82. The minimum atomic E-state index is -0.405. The normalized spacial score (nSPS) is 20.1. The van der Waals surface area contributed by atoms with Gasteiger partial charge in [0.1, 0.15) is 6.33 Å². The van der Waals surface area contributed by atoms with Crippen LogP contribution >= 0.6 is 0 Å². The highest BCUT2D eigenvalue weighted by atomic mass is 16.3. The van der Waals surface area contributed by atoms with E-state index in [4.69, 9.17) is 10.8 Å². The van der Waals surface area contributed by atoms with Gasteiger partial charge in [0.05, 0.1) is 12.6 Å². The largest absolute Gasteiger partial charge is 0.394 e. The lowest BCUT2D eigenvalue weighted by Gasteiger charge is -2.16. The number of aliphatic hydroxyl groups is 1. The second-order valence-electron chi connectivity index (χ2n) is 3.82. The van der Waals surface area contributed by atoms with Gasteiger partial charge in [-0.15, -0.1) is 10.2 Å². The summed E-state index contributed by atoms with van der Waals surface area (Å²) in [5.74, 6) is 0.708. The summed E-state index contributed by atoms with van der Waals surface area (Å²) in [6.45, 7) is -0.0780. The molecule has 1 aliphatic carbocycles. The zero-order chi connectivity index (χ0) is 9.97. The first-order chi connectivity index (χ1) is 6.83. The molecule has 0 spiro atoms. The van der Waals surface area contributed by atoms with Gasteiger partial charge in [0, 0.05) is 6.04 Å². The van der Waals surface area contributed by atoms with Gasteiger partial charge in [-0.1, -0.05) is 12.8 Å². The molecule has 0 aliphatic heterocycles. The van der Waals surface area contributed by atoms with Crippen LogP contribution in [0.15, 0.2) is 6.33 Å². The molecule has 1 atom stereocenters. The van der Waals surface area contributed by atoms with Crippen molar-refractivity contribution >= 4 is 0 Å². The highest BCUT2D eigenvalue weighted by Crippen LogP contribution is 2.30. The minimum absolute atomic E-state index is 0.0780. The van der Waals surface area contributed by atoms with Crippen LogP contribution in [0.5, 0.6) is 0 Å². The van der Waals surface area contributed by atoms with Crippen LogP contribution in [0.1, 0.15) is 43.6 Å². The van der Waals surface area contributed by atoms with Gasteiger partial charge in [0.2, 0.25) is 0 Å². The monoisotopic (exact) mass is 196 g/mol. The van der Waals surface area contributed by atoms with Crippen molar-refractivity contribution in [3.05, 3.63) is 12.2 Å². The van der Waals surface area contributed by atoms with Crippen molar-refractivity contribution in [2.45, 2.75) is 37.8 Å². The first-order valence-corrected chi connectivity index (χ1v) is 5.08. The van der Waals surface area contributed by atoms with Gasteiger partial charge in [-0.2, -0.15) is 0 Å². The molecule has 1 heterocycles. The predicted octanol–water partition coefficient (Wildman–Crippen LogP) is 0.385.